The number of urea groups is 1. The van der Waals surface area contributed by atoms with Crippen molar-refractivity contribution in [2.24, 2.45) is 10.2 Å². The number of amides is 2. The third-order valence-electron chi connectivity index (χ3n) is 3.82. The molecular formula is C20H20N6O. The third kappa shape index (κ3) is 5.71. The van der Waals surface area contributed by atoms with Crippen molar-refractivity contribution in [2.75, 3.05) is 18.9 Å². The highest BCUT2D eigenvalue weighted by Crippen LogP contribution is 2.20. The second-order valence-electron chi connectivity index (χ2n) is 5.88. The van der Waals surface area contributed by atoms with Gasteiger partial charge in [0.05, 0.1) is 17.1 Å². The van der Waals surface area contributed by atoms with Gasteiger partial charge in [0.1, 0.15) is 0 Å². The molecule has 1 heterocycles. The minimum Gasteiger partial charge on any atom is -0.327 e. The minimum atomic E-state index is -0.183. The molecule has 136 valence electrons. The lowest BCUT2D eigenvalue weighted by molar-refractivity contribution is 0.223. The molecule has 3 rings (SSSR count). The number of likely N-dealkylation sites (N-methyl/N-ethyl adjacent to an activating group) is 1. The number of anilines is 1. The van der Waals surface area contributed by atoms with E-state index in [1.807, 2.05) is 42.5 Å². The molecule has 0 spiro atoms. The van der Waals surface area contributed by atoms with Crippen molar-refractivity contribution < 1.29 is 4.79 Å². The van der Waals surface area contributed by atoms with Gasteiger partial charge in [0.25, 0.3) is 0 Å². The molecule has 7 heteroatoms. The van der Waals surface area contributed by atoms with Crippen molar-refractivity contribution in [1.29, 1.82) is 0 Å². The fraction of sp³-hybridized carbons (Fsp3) is 0.150. The third-order valence-corrected chi connectivity index (χ3v) is 3.82. The fourth-order valence-electron chi connectivity index (χ4n) is 2.28. The quantitative estimate of drug-likeness (QED) is 0.652. The van der Waals surface area contributed by atoms with Gasteiger partial charge in [-0.15, -0.1) is 0 Å². The van der Waals surface area contributed by atoms with Crippen LogP contribution in [0.2, 0.25) is 0 Å². The van der Waals surface area contributed by atoms with Gasteiger partial charge < -0.3 is 10.2 Å². The van der Waals surface area contributed by atoms with Gasteiger partial charge in [0.2, 0.25) is 0 Å². The number of azo groups is 1. The van der Waals surface area contributed by atoms with Gasteiger partial charge in [-0.25, -0.2) is 4.79 Å². The molecule has 0 atom stereocenters. The van der Waals surface area contributed by atoms with E-state index in [1.165, 1.54) is 0 Å². The Labute approximate surface area is 157 Å². The maximum Gasteiger partial charge on any atom is 0.321 e. The van der Waals surface area contributed by atoms with Gasteiger partial charge in [-0.3, -0.25) is 9.97 Å². The standard InChI is InChI=1S/C20H20N6O/c1-26(14-11-19-15-21-12-13-22-19)20(27)23-16-7-9-18(10-8-16)25-24-17-5-3-2-4-6-17/h2-10,12-13,15H,11,14H2,1H3,(H,23,27). The molecule has 7 nitrogen and oxygen atoms in total. The molecule has 0 fully saturated rings. The molecule has 1 N–H and O–H groups in total. The second kappa shape index (κ2) is 9.19. The maximum absolute atomic E-state index is 12.3. The summed E-state index contributed by atoms with van der Waals surface area (Å²) in [5, 5.41) is 11.2. The lowest BCUT2D eigenvalue weighted by Crippen LogP contribution is -2.33. The first-order valence-corrected chi connectivity index (χ1v) is 8.54. The fourth-order valence-corrected chi connectivity index (χ4v) is 2.28. The Bertz CT molecular complexity index is 881. The molecule has 27 heavy (non-hydrogen) atoms. The van der Waals surface area contributed by atoms with Crippen LogP contribution in [-0.2, 0) is 6.42 Å². The molecule has 0 saturated carbocycles. The van der Waals surface area contributed by atoms with Crippen LogP contribution in [0.3, 0.4) is 0 Å². The molecule has 2 amide bonds. The Morgan fingerprint density at radius 3 is 2.37 bits per heavy atom. The summed E-state index contributed by atoms with van der Waals surface area (Å²) in [6.45, 7) is 0.550. The highest BCUT2D eigenvalue weighted by Gasteiger charge is 2.09. The van der Waals surface area contributed by atoms with E-state index < -0.39 is 0 Å². The minimum absolute atomic E-state index is 0.183. The van der Waals surface area contributed by atoms with Crippen molar-refractivity contribution in [3.63, 3.8) is 0 Å². The lowest BCUT2D eigenvalue weighted by Gasteiger charge is -2.17. The highest BCUT2D eigenvalue weighted by atomic mass is 16.2. The van der Waals surface area contributed by atoms with E-state index in [0.29, 0.717) is 24.3 Å². The van der Waals surface area contributed by atoms with Crippen LogP contribution >= 0.6 is 0 Å². The maximum atomic E-state index is 12.3. The van der Waals surface area contributed by atoms with Crippen LogP contribution < -0.4 is 5.32 Å². The molecule has 0 bridgehead atoms. The first-order valence-electron chi connectivity index (χ1n) is 8.54. The summed E-state index contributed by atoms with van der Waals surface area (Å²) in [6.07, 6.45) is 5.63. The lowest BCUT2D eigenvalue weighted by atomic mass is 10.3. The number of aromatic nitrogens is 2. The Morgan fingerprint density at radius 2 is 1.70 bits per heavy atom. The molecular weight excluding hydrogens is 340 g/mol. The molecule has 0 aliphatic heterocycles. The molecule has 0 aliphatic rings. The van der Waals surface area contributed by atoms with Gasteiger partial charge in [0.15, 0.2) is 0 Å². The van der Waals surface area contributed by atoms with Crippen LogP contribution in [0.15, 0.2) is 83.4 Å². The summed E-state index contributed by atoms with van der Waals surface area (Å²) in [5.41, 5.74) is 3.06. The van der Waals surface area contributed by atoms with E-state index in [4.69, 9.17) is 0 Å². The zero-order valence-electron chi connectivity index (χ0n) is 15.0. The first-order chi connectivity index (χ1) is 13.2. The normalized spacial score (nSPS) is 10.7. The van der Waals surface area contributed by atoms with Gasteiger partial charge in [-0.2, -0.15) is 10.2 Å². The summed E-state index contributed by atoms with van der Waals surface area (Å²) < 4.78 is 0. The second-order valence-corrected chi connectivity index (χ2v) is 5.88. The van der Waals surface area contributed by atoms with Gasteiger partial charge in [0, 0.05) is 44.3 Å². The number of benzene rings is 2. The average molecular weight is 360 g/mol. The summed E-state index contributed by atoms with van der Waals surface area (Å²) in [5.74, 6) is 0. The van der Waals surface area contributed by atoms with Crippen molar-refractivity contribution in [3.8, 4) is 0 Å². The Balaban J connectivity index is 1.51. The van der Waals surface area contributed by atoms with Gasteiger partial charge in [-0.1, -0.05) is 18.2 Å². The molecule has 0 unspecified atom stereocenters. The number of carbonyl (C=O) groups is 1. The van der Waals surface area contributed by atoms with Crippen LogP contribution in [0, 0.1) is 0 Å². The molecule has 2 aromatic carbocycles. The predicted molar refractivity (Wildman–Crippen MR) is 104 cm³/mol. The Hall–Kier alpha value is -3.61. The SMILES string of the molecule is CN(CCc1cnccn1)C(=O)Nc1ccc(N=Nc2ccccc2)cc1. The molecule has 0 saturated heterocycles. The van der Waals surface area contributed by atoms with Crippen LogP contribution in [0.5, 0.6) is 0 Å². The van der Waals surface area contributed by atoms with E-state index in [2.05, 4.69) is 25.5 Å². The molecule has 1 aromatic heterocycles. The number of nitrogens with one attached hydrogen (secondary N) is 1. The van der Waals surface area contributed by atoms with Crippen molar-refractivity contribution in [1.82, 2.24) is 14.9 Å². The number of rotatable bonds is 6. The largest absolute Gasteiger partial charge is 0.327 e. The van der Waals surface area contributed by atoms with E-state index in [9.17, 15) is 4.79 Å². The molecule has 0 radical (unpaired) electrons. The highest BCUT2D eigenvalue weighted by molar-refractivity contribution is 5.89. The summed E-state index contributed by atoms with van der Waals surface area (Å²) in [4.78, 5) is 22.1. The zero-order valence-corrected chi connectivity index (χ0v) is 15.0. The summed E-state index contributed by atoms with van der Waals surface area (Å²) >= 11 is 0. The smallest absolute Gasteiger partial charge is 0.321 e. The van der Waals surface area contributed by atoms with Crippen LogP contribution in [-0.4, -0.2) is 34.5 Å². The number of carbonyl (C=O) groups excluding carboxylic acids is 1. The summed E-state index contributed by atoms with van der Waals surface area (Å²) in [7, 11) is 1.74. The monoisotopic (exact) mass is 360 g/mol. The molecule has 0 aliphatic carbocycles. The van der Waals surface area contributed by atoms with E-state index in [0.717, 1.165) is 11.4 Å². The number of hydrogen-bond donors (Lipinski definition) is 1. The van der Waals surface area contributed by atoms with Crippen molar-refractivity contribution in [2.45, 2.75) is 6.42 Å². The van der Waals surface area contributed by atoms with Crippen molar-refractivity contribution in [3.05, 3.63) is 78.9 Å². The first kappa shape index (κ1) is 18.2. The Morgan fingerprint density at radius 1 is 1.00 bits per heavy atom. The predicted octanol–water partition coefficient (Wildman–Crippen LogP) is 4.60. The number of nitrogens with zero attached hydrogens (tertiary/aromatic N) is 5. The zero-order chi connectivity index (χ0) is 18.9. The summed E-state index contributed by atoms with van der Waals surface area (Å²) in [6, 6.07) is 16.6. The van der Waals surface area contributed by atoms with Crippen LogP contribution in [0.4, 0.5) is 21.9 Å². The number of hydrogen-bond acceptors (Lipinski definition) is 5. The van der Waals surface area contributed by atoms with E-state index in [-0.39, 0.29) is 6.03 Å². The average Bonchev–Trinajstić information content (AvgIpc) is 2.73. The van der Waals surface area contributed by atoms with E-state index in [1.54, 1.807) is 42.7 Å². The molecule has 3 aromatic rings. The van der Waals surface area contributed by atoms with Gasteiger partial charge in [-0.05, 0) is 36.4 Å². The van der Waals surface area contributed by atoms with Crippen LogP contribution in [0.25, 0.3) is 0 Å². The van der Waals surface area contributed by atoms with E-state index >= 15 is 0 Å². The van der Waals surface area contributed by atoms with Gasteiger partial charge >= 0.3 is 6.03 Å². The topological polar surface area (TPSA) is 82.8 Å². The van der Waals surface area contributed by atoms with Crippen LogP contribution in [0.1, 0.15) is 5.69 Å². The van der Waals surface area contributed by atoms with Crippen molar-refractivity contribution >= 4 is 23.1 Å². The Kier molecular flexibility index (Phi) is 6.19.